The van der Waals surface area contributed by atoms with Crippen molar-refractivity contribution in [2.45, 2.75) is 38.1 Å². The highest BCUT2D eigenvalue weighted by molar-refractivity contribution is 6.22. The van der Waals surface area contributed by atoms with Gasteiger partial charge >= 0.3 is 5.97 Å². The number of nitro groups is 1. The van der Waals surface area contributed by atoms with Gasteiger partial charge in [-0.2, -0.15) is 0 Å². The number of hydrogen-bond acceptors (Lipinski definition) is 7. The summed E-state index contributed by atoms with van der Waals surface area (Å²) in [5, 5.41) is 26.3. The molecule has 11 heteroatoms. The second kappa shape index (κ2) is 9.92. The first-order valence-corrected chi connectivity index (χ1v) is 11.3. The van der Waals surface area contributed by atoms with Crippen molar-refractivity contribution in [2.24, 2.45) is 0 Å². The molecule has 1 heterocycles. The van der Waals surface area contributed by atoms with Gasteiger partial charge in [0.2, 0.25) is 0 Å². The van der Waals surface area contributed by atoms with Crippen LogP contribution in [0.15, 0.2) is 36.4 Å². The quantitative estimate of drug-likeness (QED) is 0.295. The van der Waals surface area contributed by atoms with Crippen molar-refractivity contribution in [2.75, 3.05) is 18.4 Å². The SMILES string of the molecule is O=C(O)c1ccc2c(c1)C(=O)N(CCNc1ccc([N+](=O)[O-])cc1C(=O)NC1CCCCC1)C2=O. The molecule has 1 aliphatic heterocycles. The second-order valence-electron chi connectivity index (χ2n) is 8.55. The van der Waals surface area contributed by atoms with E-state index in [1.54, 1.807) is 0 Å². The number of nitrogens with one attached hydrogen (secondary N) is 2. The molecule has 1 saturated carbocycles. The zero-order valence-electron chi connectivity index (χ0n) is 18.8. The number of carboxylic acids is 1. The van der Waals surface area contributed by atoms with Gasteiger partial charge in [-0.1, -0.05) is 19.3 Å². The van der Waals surface area contributed by atoms with Crippen LogP contribution in [0.5, 0.6) is 0 Å². The van der Waals surface area contributed by atoms with E-state index >= 15 is 0 Å². The standard InChI is InChI=1S/C24H24N4O7/c29-21(26-15-4-2-1-3-5-15)19-13-16(28(34)35)7-9-20(19)25-10-11-27-22(30)17-8-6-14(24(32)33)12-18(17)23(27)31/h6-9,12-13,15,25H,1-5,10-11H2,(H,26,29)(H,32,33). The average molecular weight is 480 g/mol. The lowest BCUT2D eigenvalue weighted by atomic mass is 9.95. The number of imide groups is 1. The predicted octanol–water partition coefficient (Wildman–Crippen LogP) is 3.06. The third-order valence-corrected chi connectivity index (χ3v) is 6.27. The molecule has 0 atom stereocenters. The molecule has 1 aliphatic carbocycles. The molecular weight excluding hydrogens is 456 g/mol. The first kappa shape index (κ1) is 23.9. The van der Waals surface area contributed by atoms with Crippen LogP contribution < -0.4 is 10.6 Å². The summed E-state index contributed by atoms with van der Waals surface area (Å²) in [7, 11) is 0. The summed E-state index contributed by atoms with van der Waals surface area (Å²) in [5.74, 6) is -2.77. The zero-order chi connectivity index (χ0) is 25.1. The molecule has 0 saturated heterocycles. The highest BCUT2D eigenvalue weighted by Gasteiger charge is 2.35. The summed E-state index contributed by atoms with van der Waals surface area (Å²) < 4.78 is 0. The van der Waals surface area contributed by atoms with E-state index in [0.717, 1.165) is 37.0 Å². The smallest absolute Gasteiger partial charge is 0.335 e. The molecule has 2 aromatic carbocycles. The number of anilines is 1. The van der Waals surface area contributed by atoms with E-state index in [1.165, 1.54) is 36.4 Å². The maximum Gasteiger partial charge on any atom is 0.335 e. The Balaban J connectivity index is 1.46. The number of carbonyl (C=O) groups is 4. The van der Waals surface area contributed by atoms with Crippen LogP contribution in [0.1, 0.15) is 73.5 Å². The lowest BCUT2D eigenvalue weighted by Crippen LogP contribution is -2.37. The van der Waals surface area contributed by atoms with Gasteiger partial charge in [-0.15, -0.1) is 0 Å². The summed E-state index contributed by atoms with van der Waals surface area (Å²) in [6, 6.07) is 7.67. The molecule has 0 radical (unpaired) electrons. The molecule has 2 aromatic rings. The Bertz CT molecular complexity index is 1220. The van der Waals surface area contributed by atoms with Gasteiger partial charge in [0.15, 0.2) is 0 Å². The Kier molecular flexibility index (Phi) is 6.76. The molecule has 0 bridgehead atoms. The van der Waals surface area contributed by atoms with Crippen LogP contribution in [0, 0.1) is 10.1 Å². The van der Waals surface area contributed by atoms with Crippen molar-refractivity contribution in [3.05, 3.63) is 68.8 Å². The number of hydrogen-bond donors (Lipinski definition) is 3. The van der Waals surface area contributed by atoms with E-state index < -0.39 is 28.6 Å². The molecule has 2 aliphatic rings. The number of non-ortho nitro benzene ring substituents is 1. The fraction of sp³-hybridized carbons (Fsp3) is 0.333. The Morgan fingerprint density at radius 1 is 1.03 bits per heavy atom. The van der Waals surface area contributed by atoms with Crippen molar-refractivity contribution in [1.29, 1.82) is 0 Å². The maximum atomic E-state index is 12.9. The van der Waals surface area contributed by atoms with Crippen LogP contribution in [-0.4, -0.2) is 57.8 Å². The third kappa shape index (κ3) is 4.98. The lowest BCUT2D eigenvalue weighted by Gasteiger charge is -2.23. The first-order valence-electron chi connectivity index (χ1n) is 11.3. The monoisotopic (exact) mass is 480 g/mol. The van der Waals surface area contributed by atoms with Crippen LogP contribution in [0.3, 0.4) is 0 Å². The molecule has 4 rings (SSSR count). The third-order valence-electron chi connectivity index (χ3n) is 6.27. The van der Waals surface area contributed by atoms with Gasteiger partial charge in [-0.3, -0.25) is 29.4 Å². The number of nitro benzene ring substituents is 1. The van der Waals surface area contributed by atoms with Gasteiger partial charge in [0.25, 0.3) is 23.4 Å². The van der Waals surface area contributed by atoms with Crippen molar-refractivity contribution in [1.82, 2.24) is 10.2 Å². The van der Waals surface area contributed by atoms with E-state index in [9.17, 15) is 29.3 Å². The van der Waals surface area contributed by atoms with Gasteiger partial charge in [-0.05, 0) is 37.1 Å². The van der Waals surface area contributed by atoms with Gasteiger partial charge in [0.05, 0.1) is 27.2 Å². The summed E-state index contributed by atoms with van der Waals surface area (Å²) in [5.41, 5.74) is 0.288. The number of carboxylic acid groups (broad SMARTS) is 1. The molecule has 0 unspecified atom stereocenters. The van der Waals surface area contributed by atoms with Crippen LogP contribution in [0.25, 0.3) is 0 Å². The molecular formula is C24H24N4O7. The van der Waals surface area contributed by atoms with Crippen LogP contribution in [0.2, 0.25) is 0 Å². The lowest BCUT2D eigenvalue weighted by molar-refractivity contribution is -0.384. The van der Waals surface area contributed by atoms with E-state index in [2.05, 4.69) is 10.6 Å². The second-order valence-corrected chi connectivity index (χ2v) is 8.55. The van der Waals surface area contributed by atoms with E-state index in [4.69, 9.17) is 5.11 Å². The molecule has 3 amide bonds. The molecule has 0 spiro atoms. The van der Waals surface area contributed by atoms with E-state index in [0.29, 0.717) is 5.69 Å². The first-order chi connectivity index (χ1) is 16.8. The number of rotatable bonds is 8. The Morgan fingerprint density at radius 3 is 2.43 bits per heavy atom. The predicted molar refractivity (Wildman–Crippen MR) is 125 cm³/mol. The van der Waals surface area contributed by atoms with Gasteiger partial charge < -0.3 is 15.7 Å². The number of amides is 3. The van der Waals surface area contributed by atoms with Crippen LogP contribution in [0.4, 0.5) is 11.4 Å². The zero-order valence-corrected chi connectivity index (χ0v) is 18.8. The molecule has 35 heavy (non-hydrogen) atoms. The number of carbonyl (C=O) groups excluding carboxylic acids is 3. The minimum atomic E-state index is -1.20. The van der Waals surface area contributed by atoms with Crippen molar-refractivity contribution in [3.8, 4) is 0 Å². The number of fused-ring (bicyclic) bond motifs is 1. The topological polar surface area (TPSA) is 159 Å². The molecule has 3 N–H and O–H groups in total. The maximum absolute atomic E-state index is 12.9. The fourth-order valence-corrected chi connectivity index (χ4v) is 4.43. The number of benzene rings is 2. The Morgan fingerprint density at radius 2 is 1.74 bits per heavy atom. The molecule has 11 nitrogen and oxygen atoms in total. The van der Waals surface area contributed by atoms with E-state index in [1.807, 2.05) is 0 Å². The normalized spacial score (nSPS) is 15.6. The number of aromatic carboxylic acids is 1. The fourth-order valence-electron chi connectivity index (χ4n) is 4.43. The highest BCUT2D eigenvalue weighted by Crippen LogP contribution is 2.26. The molecule has 1 fully saturated rings. The van der Waals surface area contributed by atoms with Crippen molar-refractivity contribution in [3.63, 3.8) is 0 Å². The van der Waals surface area contributed by atoms with E-state index in [-0.39, 0.29) is 47.1 Å². The van der Waals surface area contributed by atoms with Crippen molar-refractivity contribution < 1.29 is 29.2 Å². The number of nitrogens with zero attached hydrogens (tertiary/aromatic N) is 2. The minimum absolute atomic E-state index is 0.0115. The highest BCUT2D eigenvalue weighted by atomic mass is 16.6. The van der Waals surface area contributed by atoms with Crippen LogP contribution >= 0.6 is 0 Å². The average Bonchev–Trinajstić information content (AvgIpc) is 3.08. The Hall–Kier alpha value is -4.28. The van der Waals surface area contributed by atoms with Gasteiger partial charge in [0.1, 0.15) is 0 Å². The Labute approximate surface area is 200 Å². The summed E-state index contributed by atoms with van der Waals surface area (Å²) in [6.45, 7) is 0.0359. The van der Waals surface area contributed by atoms with Crippen LogP contribution in [-0.2, 0) is 0 Å². The summed E-state index contributed by atoms with van der Waals surface area (Å²) in [4.78, 5) is 61.1. The van der Waals surface area contributed by atoms with Crippen molar-refractivity contribution >= 4 is 35.1 Å². The minimum Gasteiger partial charge on any atom is -0.478 e. The summed E-state index contributed by atoms with van der Waals surface area (Å²) in [6.07, 6.45) is 4.85. The summed E-state index contributed by atoms with van der Waals surface area (Å²) >= 11 is 0. The van der Waals surface area contributed by atoms with Gasteiger partial charge in [-0.25, -0.2) is 4.79 Å². The van der Waals surface area contributed by atoms with Gasteiger partial charge in [0, 0.05) is 37.0 Å². The largest absolute Gasteiger partial charge is 0.478 e. The molecule has 182 valence electrons. The molecule has 0 aromatic heterocycles.